The average molecular weight is 365 g/mol. The first-order valence-electron chi connectivity index (χ1n) is 8.48. The SMILES string of the molecule is CCNC(=NCCN1C(=O)CNC1=O)N(C)CCOc1ccccc1F. The van der Waals surface area contributed by atoms with Crippen molar-refractivity contribution >= 4 is 17.9 Å². The van der Waals surface area contributed by atoms with E-state index in [0.29, 0.717) is 25.6 Å². The van der Waals surface area contributed by atoms with Crippen LogP contribution in [-0.2, 0) is 4.79 Å². The van der Waals surface area contributed by atoms with E-state index < -0.39 is 5.82 Å². The number of amides is 3. The molecule has 0 unspecified atom stereocenters. The molecule has 1 aliphatic rings. The van der Waals surface area contributed by atoms with Crippen molar-refractivity contribution in [3.63, 3.8) is 0 Å². The van der Waals surface area contributed by atoms with Crippen LogP contribution in [0.3, 0.4) is 0 Å². The second kappa shape index (κ2) is 9.59. The smallest absolute Gasteiger partial charge is 0.324 e. The molecule has 0 aromatic heterocycles. The van der Waals surface area contributed by atoms with Crippen molar-refractivity contribution in [1.29, 1.82) is 0 Å². The first kappa shape index (κ1) is 19.5. The highest BCUT2D eigenvalue weighted by Gasteiger charge is 2.27. The van der Waals surface area contributed by atoms with Crippen LogP contribution >= 0.6 is 0 Å². The molecule has 0 bridgehead atoms. The van der Waals surface area contributed by atoms with Crippen molar-refractivity contribution in [2.45, 2.75) is 6.92 Å². The van der Waals surface area contributed by atoms with E-state index >= 15 is 0 Å². The van der Waals surface area contributed by atoms with E-state index in [1.165, 1.54) is 6.07 Å². The van der Waals surface area contributed by atoms with Gasteiger partial charge < -0.3 is 20.3 Å². The number of ether oxygens (including phenoxy) is 1. The van der Waals surface area contributed by atoms with Crippen LogP contribution in [0.4, 0.5) is 9.18 Å². The van der Waals surface area contributed by atoms with E-state index in [0.717, 1.165) is 4.90 Å². The fourth-order valence-electron chi connectivity index (χ4n) is 2.37. The molecule has 2 rings (SSSR count). The number of imide groups is 1. The van der Waals surface area contributed by atoms with Gasteiger partial charge >= 0.3 is 6.03 Å². The van der Waals surface area contributed by atoms with Crippen LogP contribution in [0.25, 0.3) is 0 Å². The number of benzene rings is 1. The van der Waals surface area contributed by atoms with E-state index in [1.54, 1.807) is 18.2 Å². The normalized spacial score (nSPS) is 14.4. The highest BCUT2D eigenvalue weighted by molar-refractivity contribution is 6.01. The number of nitrogens with zero attached hydrogens (tertiary/aromatic N) is 3. The molecule has 0 aliphatic carbocycles. The molecule has 3 amide bonds. The van der Waals surface area contributed by atoms with Gasteiger partial charge in [0.25, 0.3) is 0 Å². The van der Waals surface area contributed by atoms with Gasteiger partial charge in [-0.2, -0.15) is 0 Å². The van der Waals surface area contributed by atoms with Crippen molar-refractivity contribution in [1.82, 2.24) is 20.4 Å². The van der Waals surface area contributed by atoms with Crippen molar-refractivity contribution in [2.24, 2.45) is 4.99 Å². The third-order valence-corrected chi connectivity index (χ3v) is 3.74. The molecule has 142 valence electrons. The maximum atomic E-state index is 13.5. The zero-order valence-electron chi connectivity index (χ0n) is 15.0. The van der Waals surface area contributed by atoms with Crippen LogP contribution in [0, 0.1) is 5.82 Å². The first-order valence-corrected chi connectivity index (χ1v) is 8.48. The van der Waals surface area contributed by atoms with Crippen molar-refractivity contribution in [3.8, 4) is 5.75 Å². The molecule has 8 nitrogen and oxygen atoms in total. The molecule has 0 atom stereocenters. The molecular formula is C17H24FN5O3. The molecule has 1 heterocycles. The van der Waals surface area contributed by atoms with E-state index in [2.05, 4.69) is 15.6 Å². The lowest BCUT2D eigenvalue weighted by atomic mass is 10.3. The number of urea groups is 1. The molecule has 1 saturated heterocycles. The first-order chi connectivity index (χ1) is 12.5. The van der Waals surface area contributed by atoms with Crippen LogP contribution in [0.15, 0.2) is 29.3 Å². The summed E-state index contributed by atoms with van der Waals surface area (Å²) in [5, 5.41) is 5.60. The van der Waals surface area contributed by atoms with Crippen molar-refractivity contribution in [3.05, 3.63) is 30.1 Å². The number of hydrogen-bond acceptors (Lipinski definition) is 4. The molecular weight excluding hydrogens is 341 g/mol. The zero-order valence-corrected chi connectivity index (χ0v) is 15.0. The van der Waals surface area contributed by atoms with Gasteiger partial charge in [-0.25, -0.2) is 9.18 Å². The van der Waals surface area contributed by atoms with Gasteiger partial charge in [0.2, 0.25) is 5.91 Å². The van der Waals surface area contributed by atoms with Gasteiger partial charge in [0.15, 0.2) is 17.5 Å². The Morgan fingerprint density at radius 1 is 1.42 bits per heavy atom. The second-order valence-corrected chi connectivity index (χ2v) is 5.64. The van der Waals surface area contributed by atoms with Crippen LogP contribution in [-0.4, -0.2) is 74.1 Å². The van der Waals surface area contributed by atoms with Crippen molar-refractivity contribution < 1.29 is 18.7 Å². The summed E-state index contributed by atoms with van der Waals surface area (Å²) in [5.74, 6) is 0.184. The molecule has 0 saturated carbocycles. The maximum Gasteiger partial charge on any atom is 0.324 e. The molecule has 2 N–H and O–H groups in total. The zero-order chi connectivity index (χ0) is 18.9. The standard InChI is InChI=1S/C17H24FN5O3/c1-3-19-16(20-8-9-23-15(24)12-21-17(23)25)22(2)10-11-26-14-7-5-4-6-13(14)18/h4-7H,3,8-12H2,1-2H3,(H,19,20)(H,21,25). The third kappa shape index (κ3) is 5.33. The Kier molecular flexibility index (Phi) is 7.19. The Labute approximate surface area is 152 Å². The van der Waals surface area contributed by atoms with Crippen LogP contribution in [0.5, 0.6) is 5.75 Å². The molecule has 0 spiro atoms. The summed E-state index contributed by atoms with van der Waals surface area (Å²) in [7, 11) is 1.83. The van der Waals surface area contributed by atoms with E-state index in [9.17, 15) is 14.0 Å². The van der Waals surface area contributed by atoms with Gasteiger partial charge in [0.1, 0.15) is 6.61 Å². The number of rotatable bonds is 8. The molecule has 1 fully saturated rings. The molecule has 1 aromatic carbocycles. The van der Waals surface area contributed by atoms with Gasteiger partial charge in [-0.05, 0) is 19.1 Å². The lowest BCUT2D eigenvalue weighted by Gasteiger charge is -2.22. The highest BCUT2D eigenvalue weighted by atomic mass is 19.1. The number of guanidine groups is 1. The Morgan fingerprint density at radius 2 is 2.19 bits per heavy atom. The largest absolute Gasteiger partial charge is 0.489 e. The minimum Gasteiger partial charge on any atom is -0.489 e. The predicted molar refractivity (Wildman–Crippen MR) is 95.6 cm³/mol. The minimum absolute atomic E-state index is 0.0376. The number of aliphatic imine (C=N–C) groups is 1. The number of carbonyl (C=O) groups excluding carboxylic acids is 2. The second-order valence-electron chi connectivity index (χ2n) is 5.64. The summed E-state index contributed by atoms with van der Waals surface area (Å²) in [4.78, 5) is 30.4. The monoisotopic (exact) mass is 365 g/mol. The van der Waals surface area contributed by atoms with Crippen LogP contribution < -0.4 is 15.4 Å². The Morgan fingerprint density at radius 3 is 2.85 bits per heavy atom. The number of likely N-dealkylation sites (N-methyl/N-ethyl adjacent to an activating group) is 1. The van der Waals surface area contributed by atoms with Gasteiger partial charge in [-0.1, -0.05) is 12.1 Å². The molecule has 9 heteroatoms. The lowest BCUT2D eigenvalue weighted by molar-refractivity contribution is -0.124. The topological polar surface area (TPSA) is 86.3 Å². The van der Waals surface area contributed by atoms with Gasteiger partial charge in [0, 0.05) is 13.6 Å². The summed E-state index contributed by atoms with van der Waals surface area (Å²) in [6, 6.07) is 5.86. The van der Waals surface area contributed by atoms with Crippen LogP contribution in [0.1, 0.15) is 6.92 Å². The molecule has 26 heavy (non-hydrogen) atoms. The summed E-state index contributed by atoms with van der Waals surface area (Å²) in [5.41, 5.74) is 0. The number of carbonyl (C=O) groups is 2. The molecule has 0 radical (unpaired) electrons. The van der Waals surface area contributed by atoms with Gasteiger partial charge in [0.05, 0.1) is 26.2 Å². The van der Waals surface area contributed by atoms with Gasteiger partial charge in [-0.3, -0.25) is 14.7 Å². The number of hydrogen-bond donors (Lipinski definition) is 2. The lowest BCUT2D eigenvalue weighted by Crippen LogP contribution is -2.41. The minimum atomic E-state index is -0.399. The van der Waals surface area contributed by atoms with Gasteiger partial charge in [-0.15, -0.1) is 0 Å². The fraction of sp³-hybridized carbons (Fsp3) is 0.471. The summed E-state index contributed by atoms with van der Waals surface area (Å²) >= 11 is 0. The Bertz CT molecular complexity index is 652. The Hall–Kier alpha value is -2.84. The molecule has 1 aromatic rings. The fourth-order valence-corrected chi connectivity index (χ4v) is 2.37. The van der Waals surface area contributed by atoms with Crippen molar-refractivity contribution in [2.75, 3.05) is 46.4 Å². The summed E-state index contributed by atoms with van der Waals surface area (Å²) < 4.78 is 19.0. The summed E-state index contributed by atoms with van der Waals surface area (Å²) in [6.07, 6.45) is 0. The summed E-state index contributed by atoms with van der Waals surface area (Å²) in [6.45, 7) is 3.93. The number of nitrogens with one attached hydrogen (secondary N) is 2. The van der Waals surface area contributed by atoms with E-state index in [-0.39, 0.29) is 37.4 Å². The predicted octanol–water partition coefficient (Wildman–Crippen LogP) is 0.654. The maximum absolute atomic E-state index is 13.5. The third-order valence-electron chi connectivity index (χ3n) is 3.74. The van der Waals surface area contributed by atoms with Crippen LogP contribution in [0.2, 0.25) is 0 Å². The highest BCUT2D eigenvalue weighted by Crippen LogP contribution is 2.14. The number of halogens is 1. The average Bonchev–Trinajstić information content (AvgIpc) is 2.94. The number of para-hydroxylation sites is 1. The van der Waals surface area contributed by atoms with E-state index in [1.807, 2.05) is 18.9 Å². The quantitative estimate of drug-likeness (QED) is 0.401. The molecule has 1 aliphatic heterocycles. The van der Waals surface area contributed by atoms with E-state index in [4.69, 9.17) is 4.74 Å². The Balaban J connectivity index is 1.83.